The lowest BCUT2D eigenvalue weighted by molar-refractivity contribution is -0.254. The summed E-state index contributed by atoms with van der Waals surface area (Å²) in [6.07, 6.45) is -15.3. The highest BCUT2D eigenvalue weighted by atomic mass is 16.7. The maximum atomic E-state index is 10.1. The first kappa shape index (κ1) is 19.9. The Morgan fingerprint density at radius 1 is 0.667 bits per heavy atom. The predicted octanol–water partition coefficient (Wildman–Crippen LogP) is -4.74. The molecular weight excluding hydrogens is 332 g/mol. The summed E-state index contributed by atoms with van der Waals surface area (Å²) < 4.78 is 20.5. The van der Waals surface area contributed by atoms with E-state index in [1.54, 1.807) is 0 Å². The van der Waals surface area contributed by atoms with Crippen molar-refractivity contribution in [2.24, 2.45) is 0 Å². The van der Waals surface area contributed by atoms with Gasteiger partial charge in [-0.2, -0.15) is 0 Å². The van der Waals surface area contributed by atoms with Crippen LogP contribution in [0, 0.1) is 0 Å². The van der Waals surface area contributed by atoms with Gasteiger partial charge in [-0.25, -0.2) is 0 Å². The molecule has 0 saturated carbocycles. The first-order valence-electron chi connectivity index (χ1n) is 7.45. The zero-order valence-electron chi connectivity index (χ0n) is 13.0. The van der Waals surface area contributed by atoms with Crippen LogP contribution in [0.15, 0.2) is 0 Å². The van der Waals surface area contributed by atoms with Crippen LogP contribution in [0.5, 0.6) is 0 Å². The number of aliphatic hydroxyl groups excluding tert-OH is 7. The van der Waals surface area contributed by atoms with Crippen molar-refractivity contribution in [2.45, 2.75) is 61.4 Å². The molecule has 0 unspecified atom stereocenters. The van der Waals surface area contributed by atoms with Crippen LogP contribution in [0.25, 0.3) is 0 Å². The van der Waals surface area contributed by atoms with Gasteiger partial charge in [-0.15, -0.1) is 0 Å². The average molecular weight is 356 g/mol. The molecule has 0 amide bonds. The second-order valence-corrected chi connectivity index (χ2v) is 5.82. The monoisotopic (exact) mass is 356 g/mol. The van der Waals surface area contributed by atoms with Gasteiger partial charge in [0.05, 0.1) is 13.2 Å². The molecule has 0 bridgehead atoms. The number of ether oxygens (including phenoxy) is 4. The quantitative estimate of drug-likeness (QED) is 0.258. The van der Waals surface area contributed by atoms with Crippen molar-refractivity contribution in [1.29, 1.82) is 0 Å². The zero-order chi connectivity index (χ0) is 18.0. The molecule has 0 radical (unpaired) electrons. The molecule has 0 spiro atoms. The predicted molar refractivity (Wildman–Crippen MR) is 73.4 cm³/mol. The van der Waals surface area contributed by atoms with Gasteiger partial charge in [0.15, 0.2) is 12.6 Å². The SMILES string of the molecule is CO[C@H]1OC[C@@H](O[C@H]2OC[C@@H](O)[C@@H](O)[C@H](O)[C@@H]2O)[C@@H](O)[C@H](O)[C@@H]1O. The van der Waals surface area contributed by atoms with E-state index in [-0.39, 0.29) is 6.61 Å². The summed E-state index contributed by atoms with van der Waals surface area (Å²) in [6, 6.07) is 0. The highest BCUT2D eigenvalue weighted by Crippen LogP contribution is 2.23. The molecule has 7 N–H and O–H groups in total. The molecule has 2 aliphatic heterocycles. The lowest BCUT2D eigenvalue weighted by Crippen LogP contribution is -2.51. The minimum atomic E-state index is -1.75. The fraction of sp³-hybridized carbons (Fsp3) is 1.00. The van der Waals surface area contributed by atoms with E-state index >= 15 is 0 Å². The van der Waals surface area contributed by atoms with Crippen LogP contribution in [-0.2, 0) is 18.9 Å². The molecular formula is C13H24O11. The van der Waals surface area contributed by atoms with E-state index in [0.717, 1.165) is 0 Å². The zero-order valence-corrected chi connectivity index (χ0v) is 13.0. The lowest BCUT2D eigenvalue weighted by Gasteiger charge is -2.31. The topological polar surface area (TPSA) is 179 Å². The molecule has 2 aliphatic rings. The molecule has 2 rings (SSSR count). The van der Waals surface area contributed by atoms with Crippen molar-refractivity contribution < 1.29 is 54.7 Å². The molecule has 0 aromatic rings. The number of aliphatic hydroxyl groups is 7. The first-order chi connectivity index (χ1) is 11.3. The maximum Gasteiger partial charge on any atom is 0.186 e. The van der Waals surface area contributed by atoms with E-state index in [9.17, 15) is 35.7 Å². The molecule has 11 nitrogen and oxygen atoms in total. The summed E-state index contributed by atoms with van der Waals surface area (Å²) in [6.45, 7) is -0.753. The standard InChI is InChI=1S/C13H24O11/c1-21-12-10(19)9(18)7(16)5(3-23-12)24-13-11(20)8(17)6(15)4(14)2-22-13/h4-20H,2-3H2,1H3/t4-,5-,6-,7-,8+,9+,10+,11+,12+,13-/m1/s1. The Bertz CT molecular complexity index is 396. The molecule has 0 aliphatic carbocycles. The van der Waals surface area contributed by atoms with Crippen molar-refractivity contribution >= 4 is 0 Å². The van der Waals surface area contributed by atoms with Gasteiger partial charge in [0.2, 0.25) is 0 Å². The fourth-order valence-corrected chi connectivity index (χ4v) is 2.57. The highest BCUT2D eigenvalue weighted by molar-refractivity contribution is 4.90. The van der Waals surface area contributed by atoms with Gasteiger partial charge in [-0.1, -0.05) is 0 Å². The number of hydrogen-bond donors (Lipinski definition) is 7. The number of rotatable bonds is 3. The Morgan fingerprint density at radius 3 is 1.83 bits per heavy atom. The molecule has 142 valence electrons. The van der Waals surface area contributed by atoms with E-state index in [4.69, 9.17) is 18.9 Å². The van der Waals surface area contributed by atoms with Crippen molar-refractivity contribution in [3.63, 3.8) is 0 Å². The molecule has 2 heterocycles. The molecule has 2 fully saturated rings. The summed E-state index contributed by atoms with van der Waals surface area (Å²) >= 11 is 0. The van der Waals surface area contributed by atoms with Crippen LogP contribution in [0.2, 0.25) is 0 Å². The summed E-state index contributed by atoms with van der Waals surface area (Å²) in [5, 5.41) is 68.7. The van der Waals surface area contributed by atoms with Gasteiger partial charge in [-0.3, -0.25) is 0 Å². The van der Waals surface area contributed by atoms with Crippen LogP contribution in [0.1, 0.15) is 0 Å². The minimum absolute atomic E-state index is 0.318. The van der Waals surface area contributed by atoms with E-state index in [0.29, 0.717) is 0 Å². The second kappa shape index (κ2) is 8.29. The van der Waals surface area contributed by atoms with Crippen LogP contribution in [-0.4, -0.2) is 117 Å². The lowest BCUT2D eigenvalue weighted by atomic mass is 10.0. The van der Waals surface area contributed by atoms with Crippen molar-refractivity contribution in [1.82, 2.24) is 0 Å². The third kappa shape index (κ3) is 4.03. The van der Waals surface area contributed by atoms with Crippen molar-refractivity contribution in [3.8, 4) is 0 Å². The van der Waals surface area contributed by atoms with Crippen LogP contribution < -0.4 is 0 Å². The molecule has 0 aromatic heterocycles. The summed E-state index contributed by atoms with van der Waals surface area (Å²) in [5.41, 5.74) is 0. The molecule has 2 saturated heterocycles. The van der Waals surface area contributed by atoms with Gasteiger partial charge in [0, 0.05) is 7.11 Å². The molecule has 0 aromatic carbocycles. The van der Waals surface area contributed by atoms with Crippen LogP contribution >= 0.6 is 0 Å². The van der Waals surface area contributed by atoms with Gasteiger partial charge in [0.1, 0.15) is 48.8 Å². The number of methoxy groups -OCH3 is 1. The van der Waals surface area contributed by atoms with Gasteiger partial charge in [0.25, 0.3) is 0 Å². The second-order valence-electron chi connectivity index (χ2n) is 5.82. The van der Waals surface area contributed by atoms with E-state index < -0.39 is 68.0 Å². The minimum Gasteiger partial charge on any atom is -0.388 e. The third-order valence-corrected chi connectivity index (χ3v) is 4.13. The van der Waals surface area contributed by atoms with Gasteiger partial charge >= 0.3 is 0 Å². The smallest absolute Gasteiger partial charge is 0.186 e. The van der Waals surface area contributed by atoms with E-state index in [1.165, 1.54) is 7.11 Å². The molecule has 11 heteroatoms. The maximum absolute atomic E-state index is 10.1. The first-order valence-corrected chi connectivity index (χ1v) is 7.45. The Morgan fingerprint density at radius 2 is 1.21 bits per heavy atom. The Balaban J connectivity index is 2.08. The average Bonchev–Trinajstić information content (AvgIpc) is 2.73. The summed E-state index contributed by atoms with van der Waals surface area (Å²) in [4.78, 5) is 0. The summed E-state index contributed by atoms with van der Waals surface area (Å²) in [5.74, 6) is 0. The van der Waals surface area contributed by atoms with Gasteiger partial charge in [-0.05, 0) is 0 Å². The highest BCUT2D eigenvalue weighted by Gasteiger charge is 2.45. The number of hydrogen-bond acceptors (Lipinski definition) is 11. The largest absolute Gasteiger partial charge is 0.388 e. The van der Waals surface area contributed by atoms with E-state index in [2.05, 4.69) is 0 Å². The Labute approximate surface area is 137 Å². The van der Waals surface area contributed by atoms with E-state index in [1.807, 2.05) is 0 Å². The summed E-state index contributed by atoms with van der Waals surface area (Å²) in [7, 11) is 1.24. The third-order valence-electron chi connectivity index (χ3n) is 4.13. The molecule has 10 atom stereocenters. The van der Waals surface area contributed by atoms with Gasteiger partial charge < -0.3 is 54.7 Å². The van der Waals surface area contributed by atoms with Crippen LogP contribution in [0.4, 0.5) is 0 Å². The van der Waals surface area contributed by atoms with Crippen LogP contribution in [0.3, 0.4) is 0 Å². The molecule has 24 heavy (non-hydrogen) atoms. The van der Waals surface area contributed by atoms with Crippen molar-refractivity contribution in [2.75, 3.05) is 20.3 Å². The normalized spacial score (nSPS) is 51.0. The Kier molecular flexibility index (Phi) is 6.87. The fourth-order valence-electron chi connectivity index (χ4n) is 2.57. The van der Waals surface area contributed by atoms with Crippen molar-refractivity contribution in [3.05, 3.63) is 0 Å². The Hall–Kier alpha value is -0.440.